The summed E-state index contributed by atoms with van der Waals surface area (Å²) in [6.07, 6.45) is 0.945. The molecule has 0 aromatic heterocycles. The van der Waals surface area contributed by atoms with Gasteiger partial charge >= 0.3 is 0 Å². The summed E-state index contributed by atoms with van der Waals surface area (Å²) >= 11 is 0. The zero-order chi connectivity index (χ0) is 15.4. The molecule has 116 valence electrons. The molecule has 2 aromatic rings. The average Bonchev–Trinajstić information content (AvgIpc) is 2.59. The predicted octanol–water partition coefficient (Wildman–Crippen LogP) is 2.70. The van der Waals surface area contributed by atoms with Crippen molar-refractivity contribution in [1.82, 2.24) is 4.90 Å². The highest BCUT2D eigenvalue weighted by Crippen LogP contribution is 2.33. The van der Waals surface area contributed by atoms with Gasteiger partial charge in [-0.3, -0.25) is 0 Å². The lowest BCUT2D eigenvalue weighted by molar-refractivity contribution is -0.0344. The van der Waals surface area contributed by atoms with E-state index in [0.717, 1.165) is 24.2 Å². The monoisotopic (exact) mass is 297 g/mol. The molecule has 1 unspecified atom stereocenters. The summed E-state index contributed by atoms with van der Waals surface area (Å²) in [7, 11) is 0. The number of aliphatic hydroxyl groups excluding tert-OH is 1. The highest BCUT2D eigenvalue weighted by Gasteiger charge is 2.34. The Balaban J connectivity index is 1.58. The van der Waals surface area contributed by atoms with E-state index in [1.54, 1.807) is 0 Å². The molecule has 1 atom stereocenters. The summed E-state index contributed by atoms with van der Waals surface area (Å²) in [5, 5.41) is 21.1. The summed E-state index contributed by atoms with van der Waals surface area (Å²) < 4.78 is 0. The third-order valence-corrected chi connectivity index (χ3v) is 4.61. The van der Waals surface area contributed by atoms with E-state index in [-0.39, 0.29) is 0 Å². The lowest BCUT2D eigenvalue weighted by Crippen LogP contribution is -2.43. The van der Waals surface area contributed by atoms with Crippen LogP contribution in [-0.4, -0.2) is 34.7 Å². The van der Waals surface area contributed by atoms with E-state index < -0.39 is 11.7 Å². The lowest BCUT2D eigenvalue weighted by Gasteiger charge is -2.39. The second-order valence-electron chi connectivity index (χ2n) is 6.12. The van der Waals surface area contributed by atoms with Crippen LogP contribution in [0.3, 0.4) is 0 Å². The molecule has 1 aliphatic heterocycles. The zero-order valence-electron chi connectivity index (χ0n) is 12.7. The Morgan fingerprint density at radius 1 is 0.909 bits per heavy atom. The number of nitrogens with zero attached hydrogens (tertiary/aromatic N) is 1. The van der Waals surface area contributed by atoms with Gasteiger partial charge in [-0.2, -0.15) is 0 Å². The quantitative estimate of drug-likeness (QED) is 0.912. The molecule has 1 aliphatic rings. The van der Waals surface area contributed by atoms with Crippen LogP contribution in [0.5, 0.6) is 0 Å². The first-order valence-electron chi connectivity index (χ1n) is 7.91. The second kappa shape index (κ2) is 6.61. The van der Waals surface area contributed by atoms with Crippen LogP contribution in [0.2, 0.25) is 0 Å². The van der Waals surface area contributed by atoms with E-state index in [1.807, 2.05) is 60.7 Å². The van der Waals surface area contributed by atoms with Gasteiger partial charge in [-0.1, -0.05) is 60.7 Å². The third kappa shape index (κ3) is 3.38. The molecule has 22 heavy (non-hydrogen) atoms. The lowest BCUT2D eigenvalue weighted by atomic mass is 9.84. The van der Waals surface area contributed by atoms with Gasteiger partial charge in [-0.05, 0) is 24.0 Å². The highest BCUT2D eigenvalue weighted by molar-refractivity contribution is 5.23. The number of hydrogen-bond donors (Lipinski definition) is 2. The van der Waals surface area contributed by atoms with Gasteiger partial charge in [0.25, 0.3) is 0 Å². The number of β-amino-alcohol motifs (C(OH)–C–C–N with tert-alkyl or cyclic N) is 1. The number of piperidine rings is 1. The van der Waals surface area contributed by atoms with Crippen LogP contribution in [-0.2, 0) is 5.60 Å². The smallest absolute Gasteiger partial charge is 0.0920 e. The maximum absolute atomic E-state index is 10.8. The molecule has 1 fully saturated rings. The Morgan fingerprint density at radius 3 is 2.05 bits per heavy atom. The van der Waals surface area contributed by atoms with Crippen molar-refractivity contribution in [3.05, 3.63) is 71.8 Å². The maximum atomic E-state index is 10.8. The van der Waals surface area contributed by atoms with E-state index in [0.29, 0.717) is 19.4 Å². The average molecular weight is 297 g/mol. The highest BCUT2D eigenvalue weighted by atomic mass is 16.3. The van der Waals surface area contributed by atoms with Crippen LogP contribution in [0.4, 0.5) is 0 Å². The SMILES string of the molecule is OC(CN1CCC(O)(c2ccccc2)CC1)c1ccccc1. The topological polar surface area (TPSA) is 43.7 Å². The Morgan fingerprint density at radius 2 is 1.45 bits per heavy atom. The summed E-state index contributed by atoms with van der Waals surface area (Å²) in [5.41, 5.74) is 1.22. The van der Waals surface area contributed by atoms with Crippen LogP contribution in [0.25, 0.3) is 0 Å². The van der Waals surface area contributed by atoms with Gasteiger partial charge in [0.2, 0.25) is 0 Å². The fraction of sp³-hybridized carbons (Fsp3) is 0.368. The summed E-state index contributed by atoms with van der Waals surface area (Å²) in [4.78, 5) is 2.23. The van der Waals surface area contributed by atoms with Gasteiger partial charge in [0, 0.05) is 19.6 Å². The molecule has 0 saturated carbocycles. The molecule has 0 radical (unpaired) electrons. The molecule has 0 spiro atoms. The molecule has 0 amide bonds. The van der Waals surface area contributed by atoms with Gasteiger partial charge in [-0.15, -0.1) is 0 Å². The van der Waals surface area contributed by atoms with Crippen molar-refractivity contribution in [2.45, 2.75) is 24.5 Å². The standard InChI is InChI=1S/C19H23NO2/c21-18(16-7-3-1-4-8-16)15-20-13-11-19(22,12-14-20)17-9-5-2-6-10-17/h1-10,18,21-22H,11-15H2. The molecule has 2 aromatic carbocycles. The van der Waals surface area contributed by atoms with Crippen LogP contribution in [0.1, 0.15) is 30.1 Å². The molecule has 0 aliphatic carbocycles. The number of hydrogen-bond acceptors (Lipinski definition) is 3. The van der Waals surface area contributed by atoms with Gasteiger partial charge in [0.15, 0.2) is 0 Å². The van der Waals surface area contributed by atoms with Crippen molar-refractivity contribution in [3.63, 3.8) is 0 Å². The van der Waals surface area contributed by atoms with E-state index >= 15 is 0 Å². The van der Waals surface area contributed by atoms with Gasteiger partial charge in [0.1, 0.15) is 0 Å². The van der Waals surface area contributed by atoms with Gasteiger partial charge < -0.3 is 15.1 Å². The van der Waals surface area contributed by atoms with Crippen LogP contribution >= 0.6 is 0 Å². The summed E-state index contributed by atoms with van der Waals surface area (Å²) in [6.45, 7) is 2.22. The first kappa shape index (κ1) is 15.2. The van der Waals surface area contributed by atoms with Crippen molar-refractivity contribution < 1.29 is 10.2 Å². The Labute approximate surface area is 131 Å². The van der Waals surface area contributed by atoms with E-state index in [9.17, 15) is 10.2 Å². The summed E-state index contributed by atoms with van der Waals surface area (Å²) in [5.74, 6) is 0. The van der Waals surface area contributed by atoms with Crippen LogP contribution < -0.4 is 0 Å². The third-order valence-electron chi connectivity index (χ3n) is 4.61. The number of aliphatic hydroxyl groups is 2. The van der Waals surface area contributed by atoms with Crippen molar-refractivity contribution in [1.29, 1.82) is 0 Å². The molecule has 0 bridgehead atoms. The second-order valence-corrected chi connectivity index (χ2v) is 6.12. The Hall–Kier alpha value is -1.68. The molecule has 3 rings (SSSR count). The van der Waals surface area contributed by atoms with Crippen LogP contribution in [0, 0.1) is 0 Å². The van der Waals surface area contributed by atoms with Gasteiger partial charge in [0.05, 0.1) is 11.7 Å². The maximum Gasteiger partial charge on any atom is 0.0920 e. The minimum Gasteiger partial charge on any atom is -0.387 e. The molecular weight excluding hydrogens is 274 g/mol. The minimum atomic E-state index is -0.727. The summed E-state index contributed by atoms with van der Waals surface area (Å²) in [6, 6.07) is 19.7. The Bertz CT molecular complexity index is 577. The van der Waals surface area contributed by atoms with Gasteiger partial charge in [-0.25, -0.2) is 0 Å². The molecular formula is C19H23NO2. The first-order valence-corrected chi connectivity index (χ1v) is 7.91. The van der Waals surface area contributed by atoms with Crippen molar-refractivity contribution in [2.75, 3.05) is 19.6 Å². The normalized spacial score (nSPS) is 19.7. The van der Waals surface area contributed by atoms with E-state index in [1.165, 1.54) is 0 Å². The van der Waals surface area contributed by atoms with Crippen molar-refractivity contribution >= 4 is 0 Å². The van der Waals surface area contributed by atoms with E-state index in [4.69, 9.17) is 0 Å². The number of benzene rings is 2. The van der Waals surface area contributed by atoms with Crippen LogP contribution in [0.15, 0.2) is 60.7 Å². The first-order chi connectivity index (χ1) is 10.7. The fourth-order valence-corrected chi connectivity index (χ4v) is 3.17. The Kier molecular flexibility index (Phi) is 4.57. The largest absolute Gasteiger partial charge is 0.387 e. The predicted molar refractivity (Wildman–Crippen MR) is 87.4 cm³/mol. The van der Waals surface area contributed by atoms with Crippen molar-refractivity contribution in [3.8, 4) is 0 Å². The molecule has 3 nitrogen and oxygen atoms in total. The zero-order valence-corrected chi connectivity index (χ0v) is 12.7. The molecule has 3 heteroatoms. The number of rotatable bonds is 4. The van der Waals surface area contributed by atoms with E-state index in [2.05, 4.69) is 4.90 Å². The molecule has 1 saturated heterocycles. The number of likely N-dealkylation sites (tertiary alicyclic amines) is 1. The molecule has 1 heterocycles. The minimum absolute atomic E-state index is 0.468. The van der Waals surface area contributed by atoms with Crippen molar-refractivity contribution in [2.24, 2.45) is 0 Å². The fourth-order valence-electron chi connectivity index (χ4n) is 3.17. The molecule has 2 N–H and O–H groups in total.